The van der Waals surface area contributed by atoms with Crippen LogP contribution in [-0.4, -0.2) is 45.4 Å². The molecule has 3 heterocycles. The molecule has 31 heavy (non-hydrogen) atoms. The van der Waals surface area contributed by atoms with E-state index in [0.29, 0.717) is 12.2 Å². The average molecular weight is 440 g/mol. The highest BCUT2D eigenvalue weighted by Crippen LogP contribution is 2.27. The summed E-state index contributed by atoms with van der Waals surface area (Å²) in [5, 5.41) is 11.8. The Hall–Kier alpha value is -3.20. The average Bonchev–Trinajstić information content (AvgIpc) is 3.36. The molecule has 1 aromatic carbocycles. The first-order valence-electron chi connectivity index (χ1n) is 10.1. The van der Waals surface area contributed by atoms with Crippen molar-refractivity contribution in [2.75, 3.05) is 16.8 Å². The summed E-state index contributed by atoms with van der Waals surface area (Å²) in [4.78, 5) is 12.6. The molecule has 1 unspecified atom stereocenters. The number of para-hydroxylation sites is 1. The van der Waals surface area contributed by atoms with Gasteiger partial charge >= 0.3 is 0 Å². The zero-order valence-corrected chi connectivity index (χ0v) is 18.6. The predicted octanol–water partition coefficient (Wildman–Crippen LogP) is 3.01. The van der Waals surface area contributed by atoms with Gasteiger partial charge in [-0.15, -0.1) is 0 Å². The lowest BCUT2D eigenvalue weighted by Gasteiger charge is -2.13. The molecule has 0 spiro atoms. The second-order valence-electron chi connectivity index (χ2n) is 7.83. The van der Waals surface area contributed by atoms with Crippen LogP contribution in [0.3, 0.4) is 0 Å². The molecule has 1 aliphatic heterocycles. The number of carbonyl (C=O) groups is 1. The molecular formula is C22H25N5O3S. The maximum Gasteiger partial charge on any atom is 0.249 e. The molecule has 1 amide bonds. The number of nitrogens with zero attached hydrogens (tertiary/aromatic N) is 4. The summed E-state index contributed by atoms with van der Waals surface area (Å²) in [6, 6.07) is 11.3. The van der Waals surface area contributed by atoms with E-state index >= 15 is 0 Å². The largest absolute Gasteiger partial charge is 0.307 e. The first-order chi connectivity index (χ1) is 14.7. The van der Waals surface area contributed by atoms with Crippen LogP contribution in [-0.2, 0) is 14.6 Å². The van der Waals surface area contributed by atoms with Gasteiger partial charge in [-0.1, -0.05) is 18.2 Å². The van der Waals surface area contributed by atoms with Crippen molar-refractivity contribution in [3.05, 3.63) is 65.1 Å². The summed E-state index contributed by atoms with van der Waals surface area (Å²) in [7, 11) is -3.05. The van der Waals surface area contributed by atoms with E-state index in [1.165, 1.54) is 6.08 Å². The van der Waals surface area contributed by atoms with Gasteiger partial charge < -0.3 is 5.32 Å². The standard InChI is InChI=1S/C22H25N5O3S/c1-15-13-21(27(24-15)19-11-12-31(29,30)14-19)23-22(28)10-9-20-16(2)25-26(17(20)3)18-7-5-4-6-8-18/h4-10,13,19H,11-12,14H2,1-3H3,(H,23,28)/b10-9+. The van der Waals surface area contributed by atoms with Gasteiger partial charge in [-0.2, -0.15) is 10.2 Å². The van der Waals surface area contributed by atoms with Crippen molar-refractivity contribution >= 4 is 27.6 Å². The van der Waals surface area contributed by atoms with Gasteiger partial charge in [0.2, 0.25) is 5.91 Å². The number of carbonyl (C=O) groups excluding carboxylic acids is 1. The molecular weight excluding hydrogens is 414 g/mol. The molecule has 162 valence electrons. The Morgan fingerprint density at radius 2 is 1.90 bits per heavy atom. The predicted molar refractivity (Wildman–Crippen MR) is 120 cm³/mol. The SMILES string of the molecule is Cc1cc(NC(=O)/C=C/c2c(C)nn(-c3ccccc3)c2C)n(C2CCS(=O)(=O)C2)n1. The fourth-order valence-electron chi connectivity index (χ4n) is 3.90. The van der Waals surface area contributed by atoms with Crippen LogP contribution >= 0.6 is 0 Å². The van der Waals surface area contributed by atoms with Gasteiger partial charge in [-0.25, -0.2) is 17.8 Å². The van der Waals surface area contributed by atoms with Crippen molar-refractivity contribution in [2.24, 2.45) is 0 Å². The topological polar surface area (TPSA) is 98.9 Å². The summed E-state index contributed by atoms with van der Waals surface area (Å²) in [5.41, 5.74) is 4.32. The Balaban J connectivity index is 1.52. The molecule has 0 aliphatic carbocycles. The maximum atomic E-state index is 12.6. The van der Waals surface area contributed by atoms with Crippen molar-refractivity contribution < 1.29 is 13.2 Å². The Kier molecular flexibility index (Phi) is 5.53. The van der Waals surface area contributed by atoms with E-state index in [-0.39, 0.29) is 23.5 Å². The summed E-state index contributed by atoms with van der Waals surface area (Å²) >= 11 is 0. The van der Waals surface area contributed by atoms with Crippen molar-refractivity contribution in [3.8, 4) is 5.69 Å². The third-order valence-corrected chi connectivity index (χ3v) is 7.16. The molecule has 1 aliphatic rings. The van der Waals surface area contributed by atoms with Crippen molar-refractivity contribution in [2.45, 2.75) is 33.2 Å². The Morgan fingerprint density at radius 3 is 2.58 bits per heavy atom. The summed E-state index contributed by atoms with van der Waals surface area (Å²) in [5.74, 6) is 0.383. The molecule has 0 bridgehead atoms. The van der Waals surface area contributed by atoms with Crippen LogP contribution in [0, 0.1) is 20.8 Å². The van der Waals surface area contributed by atoms with Gasteiger partial charge in [-0.3, -0.25) is 4.79 Å². The quantitative estimate of drug-likeness (QED) is 0.616. The normalized spacial score (nSPS) is 18.0. The Labute approximate surface area is 181 Å². The summed E-state index contributed by atoms with van der Waals surface area (Å²) < 4.78 is 27.1. The van der Waals surface area contributed by atoms with Gasteiger partial charge in [0.15, 0.2) is 9.84 Å². The van der Waals surface area contributed by atoms with Crippen molar-refractivity contribution in [1.29, 1.82) is 0 Å². The molecule has 1 fully saturated rings. The van der Waals surface area contributed by atoms with Gasteiger partial charge in [0.05, 0.1) is 34.6 Å². The minimum Gasteiger partial charge on any atom is -0.307 e. The highest BCUT2D eigenvalue weighted by Gasteiger charge is 2.31. The molecule has 3 aromatic rings. The van der Waals surface area contributed by atoms with Gasteiger partial charge in [0.1, 0.15) is 5.82 Å². The van der Waals surface area contributed by atoms with E-state index in [2.05, 4.69) is 15.5 Å². The van der Waals surface area contributed by atoms with E-state index < -0.39 is 9.84 Å². The highest BCUT2D eigenvalue weighted by atomic mass is 32.2. The zero-order valence-electron chi connectivity index (χ0n) is 17.7. The molecule has 4 rings (SSSR count). The van der Waals surface area contributed by atoms with Gasteiger partial charge in [0, 0.05) is 23.4 Å². The summed E-state index contributed by atoms with van der Waals surface area (Å²) in [6.45, 7) is 5.68. The minimum atomic E-state index is -3.05. The number of rotatable bonds is 5. The molecule has 0 saturated carbocycles. The lowest BCUT2D eigenvalue weighted by Crippen LogP contribution is -2.18. The van der Waals surface area contributed by atoms with Crippen LogP contribution in [0.4, 0.5) is 5.82 Å². The maximum absolute atomic E-state index is 12.6. The van der Waals surface area contributed by atoms with Crippen LogP contribution in [0.15, 0.2) is 42.5 Å². The first-order valence-corrected chi connectivity index (χ1v) is 11.9. The smallest absolute Gasteiger partial charge is 0.249 e. The number of anilines is 1. The number of sulfone groups is 1. The van der Waals surface area contributed by atoms with Crippen LogP contribution in [0.2, 0.25) is 0 Å². The van der Waals surface area contributed by atoms with E-state index in [4.69, 9.17) is 0 Å². The first kappa shape index (κ1) is 21.0. The number of hydrogen-bond acceptors (Lipinski definition) is 5. The Morgan fingerprint density at radius 1 is 1.16 bits per heavy atom. The zero-order chi connectivity index (χ0) is 22.2. The van der Waals surface area contributed by atoms with Crippen LogP contribution in [0.5, 0.6) is 0 Å². The number of aromatic nitrogens is 4. The molecule has 1 atom stereocenters. The molecule has 1 saturated heterocycles. The third kappa shape index (κ3) is 4.46. The number of amides is 1. The van der Waals surface area contributed by atoms with Crippen LogP contribution in [0.25, 0.3) is 11.8 Å². The van der Waals surface area contributed by atoms with E-state index in [9.17, 15) is 13.2 Å². The molecule has 0 radical (unpaired) electrons. The second-order valence-corrected chi connectivity index (χ2v) is 10.1. The monoisotopic (exact) mass is 439 g/mol. The third-order valence-electron chi connectivity index (χ3n) is 5.41. The number of aryl methyl sites for hydroxylation is 2. The lowest BCUT2D eigenvalue weighted by atomic mass is 10.2. The summed E-state index contributed by atoms with van der Waals surface area (Å²) in [6.07, 6.45) is 3.71. The fourth-order valence-corrected chi connectivity index (χ4v) is 5.59. The second kappa shape index (κ2) is 8.14. The van der Waals surface area contributed by atoms with E-state index in [0.717, 1.165) is 28.3 Å². The van der Waals surface area contributed by atoms with Crippen molar-refractivity contribution in [1.82, 2.24) is 19.6 Å². The minimum absolute atomic E-state index is 0.0455. The van der Waals surface area contributed by atoms with Crippen LogP contribution < -0.4 is 5.32 Å². The van der Waals surface area contributed by atoms with Gasteiger partial charge in [0.25, 0.3) is 0 Å². The molecule has 2 aromatic heterocycles. The highest BCUT2D eigenvalue weighted by molar-refractivity contribution is 7.91. The fraction of sp³-hybridized carbons (Fsp3) is 0.318. The number of benzene rings is 1. The van der Waals surface area contributed by atoms with Crippen molar-refractivity contribution in [3.63, 3.8) is 0 Å². The number of nitrogens with one attached hydrogen (secondary N) is 1. The lowest BCUT2D eigenvalue weighted by molar-refractivity contribution is -0.111. The molecule has 1 N–H and O–H groups in total. The van der Waals surface area contributed by atoms with Gasteiger partial charge in [-0.05, 0) is 45.4 Å². The Bertz CT molecular complexity index is 1260. The molecule has 8 nitrogen and oxygen atoms in total. The number of hydrogen-bond donors (Lipinski definition) is 1. The van der Waals surface area contributed by atoms with E-state index in [1.807, 2.05) is 55.8 Å². The molecule has 9 heteroatoms. The van der Waals surface area contributed by atoms with E-state index in [1.54, 1.807) is 16.8 Å². The van der Waals surface area contributed by atoms with Crippen LogP contribution in [0.1, 0.15) is 35.1 Å².